The summed E-state index contributed by atoms with van der Waals surface area (Å²) in [6.07, 6.45) is 3.74. The molecule has 3 heterocycles. The number of likely N-dealkylation sites (tertiary alicyclic amines) is 1. The summed E-state index contributed by atoms with van der Waals surface area (Å²) in [6.45, 7) is 5.10. The quantitative estimate of drug-likeness (QED) is 0.367. The first kappa shape index (κ1) is 22.3. The third-order valence-electron chi connectivity index (χ3n) is 6.00. The molecule has 8 heteroatoms. The zero-order valence-electron chi connectivity index (χ0n) is 17.0. The fourth-order valence-electron chi connectivity index (χ4n) is 4.37. The zero-order chi connectivity index (χ0) is 19.4. The number of hydrogen-bond acceptors (Lipinski definition) is 4. The number of hydrogen-bond donors (Lipinski definition) is 2. The maximum absolute atomic E-state index is 12.2. The molecule has 0 bridgehead atoms. The molecule has 3 fully saturated rings. The van der Waals surface area contributed by atoms with Gasteiger partial charge in [0.25, 0.3) is 5.91 Å². The molecule has 1 aromatic carbocycles. The van der Waals surface area contributed by atoms with Gasteiger partial charge in [-0.15, -0.1) is 24.0 Å². The van der Waals surface area contributed by atoms with Crippen LogP contribution in [0, 0.1) is 5.41 Å². The van der Waals surface area contributed by atoms with Crippen molar-refractivity contribution in [1.82, 2.24) is 10.2 Å². The number of amides is 1. The van der Waals surface area contributed by atoms with Crippen molar-refractivity contribution in [3.05, 3.63) is 29.8 Å². The van der Waals surface area contributed by atoms with Gasteiger partial charge in [-0.3, -0.25) is 9.79 Å². The second-order valence-corrected chi connectivity index (χ2v) is 8.07. The number of benzene rings is 1. The van der Waals surface area contributed by atoms with E-state index in [1.54, 1.807) is 0 Å². The van der Waals surface area contributed by atoms with Gasteiger partial charge < -0.3 is 25.0 Å². The molecule has 29 heavy (non-hydrogen) atoms. The van der Waals surface area contributed by atoms with Crippen LogP contribution in [-0.2, 0) is 20.8 Å². The fraction of sp³-hybridized carbons (Fsp3) is 0.619. The molecule has 7 nitrogen and oxygen atoms in total. The Balaban J connectivity index is 0.00000240. The van der Waals surface area contributed by atoms with Crippen molar-refractivity contribution >= 4 is 41.5 Å². The highest BCUT2D eigenvalue weighted by atomic mass is 127. The molecule has 0 aromatic heterocycles. The third kappa shape index (κ3) is 5.40. The smallest absolute Gasteiger partial charge is 0.253 e. The van der Waals surface area contributed by atoms with Gasteiger partial charge in [-0.05, 0) is 43.4 Å². The summed E-state index contributed by atoms with van der Waals surface area (Å²) in [7, 11) is 1.83. The van der Waals surface area contributed by atoms with Crippen LogP contribution in [0.5, 0.6) is 0 Å². The SMILES string of the molecule is CN=C(NCc1cccc(NC(=O)C2CCCO2)c1)N1CCC2(CCOC2)C1.I. The second kappa shape index (κ2) is 10.1. The van der Waals surface area contributed by atoms with Gasteiger partial charge >= 0.3 is 0 Å². The molecule has 160 valence electrons. The predicted octanol–water partition coefficient (Wildman–Crippen LogP) is 2.61. The molecule has 1 amide bonds. The first-order valence-electron chi connectivity index (χ1n) is 10.2. The van der Waals surface area contributed by atoms with Crippen molar-refractivity contribution in [2.24, 2.45) is 10.4 Å². The Labute approximate surface area is 189 Å². The minimum absolute atomic E-state index is 0. The maximum Gasteiger partial charge on any atom is 0.253 e. The summed E-state index contributed by atoms with van der Waals surface area (Å²) in [6, 6.07) is 7.93. The summed E-state index contributed by atoms with van der Waals surface area (Å²) in [5.41, 5.74) is 2.21. The molecule has 2 unspecified atom stereocenters. The van der Waals surface area contributed by atoms with Gasteiger partial charge in [0.1, 0.15) is 6.10 Å². The Kier molecular flexibility index (Phi) is 7.75. The number of anilines is 1. The Hall–Kier alpha value is -1.39. The van der Waals surface area contributed by atoms with Crippen molar-refractivity contribution < 1.29 is 14.3 Å². The van der Waals surface area contributed by atoms with Crippen LogP contribution in [-0.4, -0.2) is 62.8 Å². The number of nitrogens with zero attached hydrogens (tertiary/aromatic N) is 2. The molecule has 1 aromatic rings. The maximum atomic E-state index is 12.2. The number of ether oxygens (including phenoxy) is 2. The molecular weight excluding hydrogens is 483 g/mol. The molecule has 1 spiro atoms. The lowest BCUT2D eigenvalue weighted by Crippen LogP contribution is -2.41. The van der Waals surface area contributed by atoms with E-state index in [2.05, 4.69) is 26.6 Å². The average molecular weight is 514 g/mol. The molecule has 3 saturated heterocycles. The largest absolute Gasteiger partial charge is 0.381 e. The predicted molar refractivity (Wildman–Crippen MR) is 124 cm³/mol. The Morgan fingerprint density at radius 2 is 2.24 bits per heavy atom. The van der Waals surface area contributed by atoms with Gasteiger partial charge in [0.15, 0.2) is 5.96 Å². The van der Waals surface area contributed by atoms with Crippen LogP contribution in [0.4, 0.5) is 5.69 Å². The van der Waals surface area contributed by atoms with Crippen molar-refractivity contribution in [1.29, 1.82) is 0 Å². The van der Waals surface area contributed by atoms with E-state index in [1.165, 1.54) is 6.42 Å². The van der Waals surface area contributed by atoms with Crippen LogP contribution in [0.25, 0.3) is 0 Å². The summed E-state index contributed by atoms with van der Waals surface area (Å²) in [4.78, 5) is 19.0. The van der Waals surface area contributed by atoms with Gasteiger partial charge in [0.2, 0.25) is 0 Å². The van der Waals surface area contributed by atoms with E-state index in [-0.39, 0.29) is 36.0 Å². The van der Waals surface area contributed by atoms with Crippen molar-refractivity contribution in [3.63, 3.8) is 0 Å². The van der Waals surface area contributed by atoms with Crippen LogP contribution < -0.4 is 10.6 Å². The van der Waals surface area contributed by atoms with Gasteiger partial charge in [-0.1, -0.05) is 12.1 Å². The van der Waals surface area contributed by atoms with Crippen molar-refractivity contribution in [2.45, 2.75) is 38.3 Å². The first-order chi connectivity index (χ1) is 13.7. The van der Waals surface area contributed by atoms with Crippen LogP contribution in [0.3, 0.4) is 0 Å². The summed E-state index contributed by atoms with van der Waals surface area (Å²) in [5, 5.41) is 6.44. The zero-order valence-corrected chi connectivity index (χ0v) is 19.3. The molecule has 2 N–H and O–H groups in total. The van der Waals surface area contributed by atoms with Crippen LogP contribution in [0.1, 0.15) is 31.2 Å². The fourth-order valence-corrected chi connectivity index (χ4v) is 4.37. The van der Waals surface area contributed by atoms with E-state index in [0.29, 0.717) is 18.6 Å². The number of rotatable bonds is 4. The highest BCUT2D eigenvalue weighted by Gasteiger charge is 2.42. The number of halogens is 1. The van der Waals surface area contributed by atoms with Crippen molar-refractivity contribution in [2.75, 3.05) is 45.3 Å². The van der Waals surface area contributed by atoms with E-state index in [9.17, 15) is 4.79 Å². The number of carbonyl (C=O) groups excluding carboxylic acids is 1. The van der Waals surface area contributed by atoms with E-state index < -0.39 is 0 Å². The monoisotopic (exact) mass is 514 g/mol. The first-order valence-corrected chi connectivity index (χ1v) is 10.2. The van der Waals surface area contributed by atoms with Gasteiger partial charge in [-0.2, -0.15) is 0 Å². The van der Waals surface area contributed by atoms with Crippen LogP contribution >= 0.6 is 24.0 Å². The lowest BCUT2D eigenvalue weighted by molar-refractivity contribution is -0.124. The average Bonchev–Trinajstić information content (AvgIpc) is 3.46. The van der Waals surface area contributed by atoms with E-state index in [4.69, 9.17) is 9.47 Å². The standard InChI is InChI=1S/C21H30N4O3.HI/c1-22-20(25-9-7-21(14-25)8-11-27-15-21)23-13-16-4-2-5-17(12-16)24-19(26)18-6-3-10-28-18;/h2,4-5,12,18H,3,6-11,13-15H2,1H3,(H,22,23)(H,24,26);1H. The summed E-state index contributed by atoms with van der Waals surface area (Å²) in [5.74, 6) is 0.872. The van der Waals surface area contributed by atoms with Gasteiger partial charge in [-0.25, -0.2) is 0 Å². The topological polar surface area (TPSA) is 75.2 Å². The second-order valence-electron chi connectivity index (χ2n) is 8.07. The summed E-state index contributed by atoms with van der Waals surface area (Å²) < 4.78 is 11.1. The number of carbonyl (C=O) groups is 1. The molecule has 0 aliphatic carbocycles. The normalized spacial score (nSPS) is 26.6. The number of guanidine groups is 1. The Morgan fingerprint density at radius 3 is 2.97 bits per heavy atom. The van der Waals surface area contributed by atoms with E-state index in [1.807, 2.05) is 25.2 Å². The highest BCUT2D eigenvalue weighted by Crippen LogP contribution is 2.38. The number of aliphatic imine (C=N–C) groups is 1. The van der Waals surface area contributed by atoms with Crippen LogP contribution in [0.2, 0.25) is 0 Å². The third-order valence-corrected chi connectivity index (χ3v) is 6.00. The molecule has 0 radical (unpaired) electrons. The van der Waals surface area contributed by atoms with E-state index in [0.717, 1.165) is 62.8 Å². The molecule has 4 rings (SSSR count). The Morgan fingerprint density at radius 1 is 1.34 bits per heavy atom. The highest BCUT2D eigenvalue weighted by molar-refractivity contribution is 14.0. The number of nitrogens with one attached hydrogen (secondary N) is 2. The Bertz CT molecular complexity index is 730. The minimum atomic E-state index is -0.317. The molecule has 2 atom stereocenters. The molecular formula is C21H31IN4O3. The minimum Gasteiger partial charge on any atom is -0.381 e. The van der Waals surface area contributed by atoms with Gasteiger partial charge in [0.05, 0.1) is 6.61 Å². The molecule has 0 saturated carbocycles. The lowest BCUT2D eigenvalue weighted by atomic mass is 9.87. The van der Waals surface area contributed by atoms with Gasteiger partial charge in [0, 0.05) is 51.0 Å². The van der Waals surface area contributed by atoms with E-state index >= 15 is 0 Å². The van der Waals surface area contributed by atoms with Crippen molar-refractivity contribution in [3.8, 4) is 0 Å². The molecule has 3 aliphatic rings. The summed E-state index contributed by atoms with van der Waals surface area (Å²) >= 11 is 0. The lowest BCUT2D eigenvalue weighted by Gasteiger charge is -2.25. The molecule has 3 aliphatic heterocycles. The van der Waals surface area contributed by atoms with Crippen LogP contribution in [0.15, 0.2) is 29.3 Å².